The van der Waals surface area contributed by atoms with Crippen LogP contribution in [0.15, 0.2) is 29.5 Å². The number of likely N-dealkylation sites (N-methyl/N-ethyl adjacent to an activating group) is 1. The van der Waals surface area contributed by atoms with E-state index in [4.69, 9.17) is 14.2 Å². The van der Waals surface area contributed by atoms with E-state index >= 15 is 0 Å². The molecular formula is C23H30N4O6. The maximum absolute atomic E-state index is 13.5. The van der Waals surface area contributed by atoms with Crippen LogP contribution in [-0.2, 0) is 14.3 Å². The van der Waals surface area contributed by atoms with E-state index in [2.05, 4.69) is 5.32 Å². The molecule has 4 rings (SSSR count). The summed E-state index contributed by atoms with van der Waals surface area (Å²) in [5, 5.41) is 2.89. The molecule has 1 fully saturated rings. The van der Waals surface area contributed by atoms with Crippen LogP contribution in [0.25, 0.3) is 0 Å². The molecule has 3 aliphatic rings. The number of urea groups is 1. The molecule has 10 heteroatoms. The molecule has 3 atom stereocenters. The van der Waals surface area contributed by atoms with Gasteiger partial charge in [-0.05, 0) is 19.9 Å². The van der Waals surface area contributed by atoms with Crippen LogP contribution < -0.4 is 14.8 Å². The molecule has 3 heterocycles. The van der Waals surface area contributed by atoms with Gasteiger partial charge in [-0.25, -0.2) is 4.79 Å². The van der Waals surface area contributed by atoms with Crippen molar-refractivity contribution in [2.24, 2.45) is 0 Å². The highest BCUT2D eigenvalue weighted by atomic mass is 16.5. The SMILES string of the molecule is COc1cccc(C2NC(=O)N(C)C3=C2C(=O)N(CC(=O)N2CC(C)OC(C)C2)C3)c1OC. The Morgan fingerprint density at radius 3 is 2.48 bits per heavy atom. The van der Waals surface area contributed by atoms with Gasteiger partial charge in [0, 0.05) is 25.7 Å². The summed E-state index contributed by atoms with van der Waals surface area (Å²) in [5.74, 6) is 0.524. The average Bonchev–Trinajstić information content (AvgIpc) is 3.11. The minimum Gasteiger partial charge on any atom is -0.493 e. The number of hydrogen-bond acceptors (Lipinski definition) is 6. The fraction of sp³-hybridized carbons (Fsp3) is 0.522. The molecule has 0 bridgehead atoms. The van der Waals surface area contributed by atoms with Crippen molar-refractivity contribution in [2.45, 2.75) is 32.1 Å². The summed E-state index contributed by atoms with van der Waals surface area (Å²) in [6.45, 7) is 4.95. The first kappa shape index (κ1) is 22.9. The van der Waals surface area contributed by atoms with Gasteiger partial charge < -0.3 is 29.3 Å². The van der Waals surface area contributed by atoms with Crippen LogP contribution >= 0.6 is 0 Å². The first-order chi connectivity index (χ1) is 15.7. The van der Waals surface area contributed by atoms with Crippen LogP contribution in [0.4, 0.5) is 4.79 Å². The lowest BCUT2D eigenvalue weighted by Crippen LogP contribution is -2.51. The van der Waals surface area contributed by atoms with Gasteiger partial charge in [-0.2, -0.15) is 0 Å². The van der Waals surface area contributed by atoms with Crippen molar-refractivity contribution >= 4 is 17.8 Å². The summed E-state index contributed by atoms with van der Waals surface area (Å²) >= 11 is 0. The number of nitrogens with one attached hydrogen (secondary N) is 1. The van der Waals surface area contributed by atoms with E-state index in [9.17, 15) is 14.4 Å². The first-order valence-corrected chi connectivity index (χ1v) is 11.0. The molecule has 4 amide bonds. The summed E-state index contributed by atoms with van der Waals surface area (Å²) in [6, 6.07) is 4.27. The summed E-state index contributed by atoms with van der Waals surface area (Å²) in [5.41, 5.74) is 1.62. The third-order valence-corrected chi connectivity index (χ3v) is 6.28. The molecule has 178 valence electrons. The van der Waals surface area contributed by atoms with Crippen LogP contribution in [0.2, 0.25) is 0 Å². The van der Waals surface area contributed by atoms with E-state index in [-0.39, 0.29) is 43.1 Å². The number of methoxy groups -OCH3 is 2. The third kappa shape index (κ3) is 4.10. The van der Waals surface area contributed by atoms with Gasteiger partial charge in [0.25, 0.3) is 5.91 Å². The number of carbonyl (C=O) groups excluding carboxylic acids is 3. The molecule has 0 spiro atoms. The minimum absolute atomic E-state index is 0.0591. The molecule has 1 N–H and O–H groups in total. The lowest BCUT2D eigenvalue weighted by atomic mass is 9.94. The number of hydrogen-bond donors (Lipinski definition) is 1. The molecule has 1 saturated heterocycles. The lowest BCUT2D eigenvalue weighted by molar-refractivity contribution is -0.146. The molecule has 1 aromatic carbocycles. The van der Waals surface area contributed by atoms with Gasteiger partial charge in [-0.3, -0.25) is 14.5 Å². The predicted octanol–water partition coefficient (Wildman–Crippen LogP) is 1.13. The largest absolute Gasteiger partial charge is 0.493 e. The number of para-hydroxylation sites is 1. The summed E-state index contributed by atoms with van der Waals surface area (Å²) < 4.78 is 16.6. The number of ether oxygens (including phenoxy) is 3. The second kappa shape index (κ2) is 8.93. The zero-order valence-electron chi connectivity index (χ0n) is 19.6. The molecule has 0 saturated carbocycles. The second-order valence-corrected chi connectivity index (χ2v) is 8.60. The third-order valence-electron chi connectivity index (χ3n) is 6.28. The van der Waals surface area contributed by atoms with Crippen LogP contribution in [0, 0.1) is 0 Å². The van der Waals surface area contributed by atoms with Gasteiger partial charge in [-0.15, -0.1) is 0 Å². The quantitative estimate of drug-likeness (QED) is 0.710. The van der Waals surface area contributed by atoms with E-state index in [1.807, 2.05) is 13.8 Å². The Bertz CT molecular complexity index is 999. The Labute approximate surface area is 193 Å². The molecule has 0 aromatic heterocycles. The smallest absolute Gasteiger partial charge is 0.322 e. The number of amides is 4. The van der Waals surface area contributed by atoms with Gasteiger partial charge in [0.2, 0.25) is 5.91 Å². The molecule has 10 nitrogen and oxygen atoms in total. The summed E-state index contributed by atoms with van der Waals surface area (Å²) in [4.78, 5) is 43.9. The Kier molecular flexibility index (Phi) is 6.20. The molecule has 1 aromatic rings. The second-order valence-electron chi connectivity index (χ2n) is 8.60. The van der Waals surface area contributed by atoms with Crippen LogP contribution in [0.5, 0.6) is 11.5 Å². The standard InChI is InChI=1S/C23H30N4O6/c1-13-9-26(10-14(2)33-13)18(28)12-27-11-16-19(22(27)29)20(24-23(30)25(16)3)15-7-6-8-17(31-4)21(15)32-5/h6-8,13-14,20H,9-12H2,1-5H3,(H,24,30). The zero-order valence-corrected chi connectivity index (χ0v) is 19.6. The van der Waals surface area contributed by atoms with E-state index < -0.39 is 6.04 Å². The van der Waals surface area contributed by atoms with Crippen molar-refractivity contribution in [2.75, 3.05) is 47.4 Å². The van der Waals surface area contributed by atoms with Crippen molar-refractivity contribution in [3.8, 4) is 11.5 Å². The average molecular weight is 459 g/mol. The van der Waals surface area contributed by atoms with Crippen molar-refractivity contribution in [3.05, 3.63) is 35.0 Å². The number of rotatable bonds is 5. The highest BCUT2D eigenvalue weighted by Gasteiger charge is 2.44. The Hall–Kier alpha value is -3.27. The van der Waals surface area contributed by atoms with Gasteiger partial charge in [0.15, 0.2) is 11.5 Å². The normalized spacial score (nSPS) is 25.2. The molecular weight excluding hydrogens is 428 g/mol. The number of benzene rings is 1. The van der Waals surface area contributed by atoms with Crippen molar-refractivity contribution < 1.29 is 28.6 Å². The van der Waals surface area contributed by atoms with Crippen molar-refractivity contribution in [1.82, 2.24) is 20.0 Å². The van der Waals surface area contributed by atoms with E-state index in [1.54, 1.807) is 30.1 Å². The summed E-state index contributed by atoms with van der Waals surface area (Å²) in [6.07, 6.45) is -0.118. The van der Waals surface area contributed by atoms with Crippen molar-refractivity contribution in [1.29, 1.82) is 0 Å². The van der Waals surface area contributed by atoms with Crippen LogP contribution in [0.1, 0.15) is 25.5 Å². The van der Waals surface area contributed by atoms with Gasteiger partial charge in [0.1, 0.15) is 6.54 Å². The highest BCUT2D eigenvalue weighted by molar-refractivity contribution is 6.03. The maximum atomic E-state index is 13.5. The summed E-state index contributed by atoms with van der Waals surface area (Å²) in [7, 11) is 4.66. The fourth-order valence-electron chi connectivity index (χ4n) is 4.77. The number of carbonyl (C=O) groups is 3. The first-order valence-electron chi connectivity index (χ1n) is 11.0. The highest BCUT2D eigenvalue weighted by Crippen LogP contribution is 2.42. The van der Waals surface area contributed by atoms with Crippen molar-refractivity contribution in [3.63, 3.8) is 0 Å². The van der Waals surface area contributed by atoms with Gasteiger partial charge >= 0.3 is 6.03 Å². The maximum Gasteiger partial charge on any atom is 0.322 e. The van der Waals surface area contributed by atoms with E-state index in [1.165, 1.54) is 24.0 Å². The minimum atomic E-state index is -0.718. The Morgan fingerprint density at radius 2 is 1.85 bits per heavy atom. The molecule has 3 aliphatic heterocycles. The number of morpholine rings is 1. The monoisotopic (exact) mass is 458 g/mol. The fourth-order valence-corrected chi connectivity index (χ4v) is 4.77. The van der Waals surface area contributed by atoms with Crippen LogP contribution in [0.3, 0.4) is 0 Å². The topological polar surface area (TPSA) is 101 Å². The predicted molar refractivity (Wildman–Crippen MR) is 119 cm³/mol. The van der Waals surface area contributed by atoms with Gasteiger partial charge in [0.05, 0.1) is 50.3 Å². The molecule has 0 aliphatic carbocycles. The molecule has 0 radical (unpaired) electrons. The van der Waals surface area contributed by atoms with E-state index in [0.717, 1.165) is 0 Å². The van der Waals surface area contributed by atoms with E-state index in [0.29, 0.717) is 41.4 Å². The van der Waals surface area contributed by atoms with Gasteiger partial charge in [-0.1, -0.05) is 12.1 Å². The molecule has 33 heavy (non-hydrogen) atoms. The number of nitrogens with zero attached hydrogens (tertiary/aromatic N) is 3. The van der Waals surface area contributed by atoms with Crippen LogP contribution in [-0.4, -0.2) is 92.2 Å². The lowest BCUT2D eigenvalue weighted by Gasteiger charge is -2.36. The Morgan fingerprint density at radius 1 is 1.15 bits per heavy atom. The zero-order chi connectivity index (χ0) is 23.9. The molecule has 3 unspecified atom stereocenters. The Balaban J connectivity index is 1.61.